The Morgan fingerprint density at radius 3 is 2.58 bits per heavy atom. The summed E-state index contributed by atoms with van der Waals surface area (Å²) in [6.07, 6.45) is 2.58. The Morgan fingerprint density at radius 2 is 2.05 bits per heavy atom. The predicted molar refractivity (Wildman–Crippen MR) is 68.7 cm³/mol. The largest absolute Gasteiger partial charge is 0.487 e. The van der Waals surface area contributed by atoms with Gasteiger partial charge in [0.2, 0.25) is 0 Å². The minimum Gasteiger partial charge on any atom is -0.420 e. The van der Waals surface area contributed by atoms with Crippen LogP contribution in [0.3, 0.4) is 0 Å². The fraction of sp³-hybridized carbons (Fsp3) is 0.0909. The first-order valence-electron chi connectivity index (χ1n) is 4.95. The number of benzene rings is 1. The number of hydrogen-bond acceptors (Lipinski definition) is 3. The number of urea groups is 1. The molecule has 0 aliphatic heterocycles. The minimum atomic E-state index is -3.77. The van der Waals surface area contributed by atoms with Gasteiger partial charge in [0.1, 0.15) is 5.75 Å². The molecule has 0 atom stereocenters. The van der Waals surface area contributed by atoms with E-state index < -0.39 is 11.6 Å². The Bertz CT molecular complexity index is 472. The van der Waals surface area contributed by atoms with Crippen molar-refractivity contribution in [3.05, 3.63) is 36.7 Å². The Hall–Kier alpha value is -2.15. The SMILES string of the molecule is C=N/C=C\NC(=O)Nc1ccc(OC(F)(F)Cl)cc1. The van der Waals surface area contributed by atoms with E-state index in [1.165, 1.54) is 36.7 Å². The fourth-order valence-corrected chi connectivity index (χ4v) is 1.16. The van der Waals surface area contributed by atoms with Crippen molar-refractivity contribution in [1.82, 2.24) is 5.32 Å². The summed E-state index contributed by atoms with van der Waals surface area (Å²) >= 11 is 4.61. The van der Waals surface area contributed by atoms with E-state index >= 15 is 0 Å². The van der Waals surface area contributed by atoms with Crippen LogP contribution in [0.15, 0.2) is 41.7 Å². The first-order valence-corrected chi connectivity index (χ1v) is 5.33. The summed E-state index contributed by atoms with van der Waals surface area (Å²) in [5.41, 5.74) is -3.38. The van der Waals surface area contributed by atoms with Gasteiger partial charge >= 0.3 is 11.6 Å². The van der Waals surface area contributed by atoms with Crippen LogP contribution in [0.1, 0.15) is 0 Å². The van der Waals surface area contributed by atoms with Crippen molar-refractivity contribution in [2.45, 2.75) is 5.57 Å². The second-order valence-electron chi connectivity index (χ2n) is 3.17. The van der Waals surface area contributed by atoms with Crippen molar-refractivity contribution in [3.8, 4) is 5.75 Å². The molecule has 0 bridgehead atoms. The van der Waals surface area contributed by atoms with Crippen molar-refractivity contribution in [2.75, 3.05) is 5.32 Å². The van der Waals surface area contributed by atoms with Gasteiger partial charge in [-0.2, -0.15) is 0 Å². The molecule has 0 spiro atoms. The van der Waals surface area contributed by atoms with Gasteiger partial charge < -0.3 is 15.4 Å². The fourth-order valence-electron chi connectivity index (χ4n) is 1.07. The average molecular weight is 290 g/mol. The molecular formula is C11H10ClF2N3O2. The number of hydrogen-bond donors (Lipinski definition) is 2. The smallest absolute Gasteiger partial charge is 0.420 e. The van der Waals surface area contributed by atoms with Crippen molar-refractivity contribution < 1.29 is 18.3 Å². The molecule has 0 heterocycles. The zero-order chi connectivity index (χ0) is 14.3. The maximum atomic E-state index is 12.3. The van der Waals surface area contributed by atoms with Crippen LogP contribution < -0.4 is 15.4 Å². The first kappa shape index (κ1) is 14.9. The van der Waals surface area contributed by atoms with Crippen LogP contribution in [0.25, 0.3) is 0 Å². The maximum Gasteiger partial charge on any atom is 0.487 e. The highest BCUT2D eigenvalue weighted by Gasteiger charge is 2.27. The zero-order valence-electron chi connectivity index (χ0n) is 9.57. The third-order valence-corrected chi connectivity index (χ3v) is 1.82. The standard InChI is InChI=1S/C11H10ClF2N3O2/c1-15-6-7-16-10(18)17-8-2-4-9(5-3-8)19-11(12,13)14/h2-7H,1H2,(H2,16,17,18)/b7-6-. The summed E-state index contributed by atoms with van der Waals surface area (Å²) < 4.78 is 28.8. The van der Waals surface area contributed by atoms with Gasteiger partial charge in [0.05, 0.1) is 0 Å². The first-order chi connectivity index (χ1) is 8.90. The molecule has 2 amide bonds. The number of rotatable bonds is 5. The summed E-state index contributed by atoms with van der Waals surface area (Å²) in [5.74, 6) is -0.123. The number of aliphatic imine (C=N–C) groups is 1. The van der Waals surface area contributed by atoms with E-state index in [-0.39, 0.29) is 5.75 Å². The lowest BCUT2D eigenvalue weighted by Crippen LogP contribution is -2.23. The lowest BCUT2D eigenvalue weighted by molar-refractivity contribution is -0.0964. The molecule has 0 radical (unpaired) electrons. The number of carbonyl (C=O) groups excluding carboxylic acids is 1. The van der Waals surface area contributed by atoms with Gasteiger partial charge in [-0.1, -0.05) is 0 Å². The highest BCUT2D eigenvalue weighted by Crippen LogP contribution is 2.25. The minimum absolute atomic E-state index is 0.123. The Labute approximate surface area is 112 Å². The Morgan fingerprint density at radius 1 is 1.42 bits per heavy atom. The zero-order valence-corrected chi connectivity index (χ0v) is 10.3. The Balaban J connectivity index is 2.54. The van der Waals surface area contributed by atoms with Gasteiger partial charge in [-0.15, -0.1) is 8.78 Å². The monoisotopic (exact) mass is 289 g/mol. The molecule has 0 fully saturated rings. The van der Waals surface area contributed by atoms with Gasteiger partial charge in [-0.05, 0) is 31.0 Å². The van der Waals surface area contributed by atoms with E-state index in [0.717, 1.165) is 0 Å². The number of nitrogens with zero attached hydrogens (tertiary/aromatic N) is 1. The van der Waals surface area contributed by atoms with Crippen LogP contribution in [-0.4, -0.2) is 18.3 Å². The summed E-state index contributed by atoms with van der Waals surface area (Å²) in [6, 6.07) is 4.73. The van der Waals surface area contributed by atoms with Crippen LogP contribution in [0.5, 0.6) is 5.75 Å². The van der Waals surface area contributed by atoms with Gasteiger partial charge in [-0.3, -0.25) is 4.99 Å². The van der Waals surface area contributed by atoms with Gasteiger partial charge in [0.25, 0.3) is 0 Å². The van der Waals surface area contributed by atoms with E-state index in [1.54, 1.807) is 0 Å². The molecule has 1 aromatic carbocycles. The number of nitrogens with one attached hydrogen (secondary N) is 2. The van der Waals surface area contributed by atoms with Crippen LogP contribution in [0.4, 0.5) is 19.3 Å². The third-order valence-electron chi connectivity index (χ3n) is 1.74. The molecule has 0 aromatic heterocycles. The highest BCUT2D eigenvalue weighted by atomic mass is 35.5. The lowest BCUT2D eigenvalue weighted by Gasteiger charge is -2.11. The van der Waals surface area contributed by atoms with Crippen molar-refractivity contribution >= 4 is 30.0 Å². The molecule has 5 nitrogen and oxygen atoms in total. The molecule has 19 heavy (non-hydrogen) atoms. The maximum absolute atomic E-state index is 12.3. The highest BCUT2D eigenvalue weighted by molar-refractivity contribution is 6.20. The number of carbonyl (C=O) groups is 1. The van der Waals surface area contributed by atoms with E-state index in [9.17, 15) is 13.6 Å². The molecule has 0 aliphatic carbocycles. The number of halogens is 3. The van der Waals surface area contributed by atoms with Crippen molar-refractivity contribution in [2.24, 2.45) is 4.99 Å². The molecule has 1 rings (SSSR count). The molecule has 0 unspecified atom stereocenters. The normalized spacial score (nSPS) is 11.1. The van der Waals surface area contributed by atoms with E-state index in [0.29, 0.717) is 5.69 Å². The number of amides is 2. The summed E-state index contributed by atoms with van der Waals surface area (Å²) in [7, 11) is 0. The van der Waals surface area contributed by atoms with Gasteiger partial charge in [-0.25, -0.2) is 4.79 Å². The van der Waals surface area contributed by atoms with E-state index in [2.05, 4.69) is 38.7 Å². The summed E-state index contributed by atoms with van der Waals surface area (Å²) in [4.78, 5) is 14.7. The van der Waals surface area contributed by atoms with Crippen molar-refractivity contribution in [1.29, 1.82) is 0 Å². The van der Waals surface area contributed by atoms with Crippen LogP contribution in [-0.2, 0) is 0 Å². The topological polar surface area (TPSA) is 62.7 Å². The predicted octanol–water partition coefficient (Wildman–Crippen LogP) is 3.15. The molecule has 0 saturated carbocycles. The third kappa shape index (κ3) is 6.37. The van der Waals surface area contributed by atoms with Crippen molar-refractivity contribution in [3.63, 3.8) is 0 Å². The molecule has 102 valence electrons. The summed E-state index contributed by atoms with van der Waals surface area (Å²) in [6.45, 7) is 3.19. The molecule has 2 N–H and O–H groups in total. The summed E-state index contributed by atoms with van der Waals surface area (Å²) in [5, 5.41) is 4.80. The number of alkyl halides is 3. The Kier molecular flexibility index (Phi) is 5.25. The second kappa shape index (κ2) is 6.69. The van der Waals surface area contributed by atoms with Crippen LogP contribution in [0, 0.1) is 0 Å². The molecule has 0 aliphatic rings. The van der Waals surface area contributed by atoms with Gasteiger partial charge in [0, 0.05) is 29.7 Å². The molecule has 0 saturated heterocycles. The van der Waals surface area contributed by atoms with Crippen LogP contribution >= 0.6 is 11.6 Å². The molecule has 8 heteroatoms. The average Bonchev–Trinajstić information content (AvgIpc) is 2.30. The number of anilines is 1. The van der Waals surface area contributed by atoms with E-state index in [1.807, 2.05) is 0 Å². The van der Waals surface area contributed by atoms with E-state index in [4.69, 9.17) is 0 Å². The molecular weight excluding hydrogens is 280 g/mol. The lowest BCUT2D eigenvalue weighted by atomic mass is 10.3. The second-order valence-corrected chi connectivity index (χ2v) is 3.61. The molecule has 1 aromatic rings. The van der Waals surface area contributed by atoms with Crippen LogP contribution in [0.2, 0.25) is 0 Å². The quantitative estimate of drug-likeness (QED) is 0.646. The van der Waals surface area contributed by atoms with Gasteiger partial charge in [0.15, 0.2) is 0 Å². The number of ether oxygens (including phenoxy) is 1.